The lowest BCUT2D eigenvalue weighted by Gasteiger charge is -2.32. The van der Waals surface area contributed by atoms with Gasteiger partial charge in [0, 0.05) is 28.9 Å². The zero-order chi connectivity index (χ0) is 19.8. The van der Waals surface area contributed by atoms with Crippen molar-refractivity contribution in [1.82, 2.24) is 10.2 Å². The van der Waals surface area contributed by atoms with Gasteiger partial charge in [0.05, 0.1) is 0 Å². The van der Waals surface area contributed by atoms with Gasteiger partial charge in [-0.25, -0.2) is 9.59 Å². The minimum atomic E-state index is -0.400. The van der Waals surface area contributed by atoms with Crippen LogP contribution in [0.2, 0.25) is 0 Å². The second-order valence-corrected chi connectivity index (χ2v) is 8.06. The number of ether oxygens (including phenoxy) is 1. The van der Waals surface area contributed by atoms with Crippen LogP contribution in [-0.2, 0) is 11.3 Å². The first-order chi connectivity index (χ1) is 13.6. The van der Waals surface area contributed by atoms with Crippen molar-refractivity contribution in [2.45, 2.75) is 19.4 Å². The average molecular weight is 493 g/mol. The standard InChI is InChI=1S/C21H24IN3O3/c22-18-6-8-19(9-7-18)24-20(26)25-12-10-16(11-13-25)14-23-21(27)28-15-17-4-2-1-3-5-17/h1-9,16H,10-15H2,(H,23,27)(H,24,26). The molecule has 3 amide bonds. The van der Waals surface area contributed by atoms with Gasteiger partial charge in [-0.05, 0) is 71.2 Å². The first-order valence-electron chi connectivity index (χ1n) is 9.36. The van der Waals surface area contributed by atoms with E-state index in [1.807, 2.05) is 59.5 Å². The monoisotopic (exact) mass is 493 g/mol. The van der Waals surface area contributed by atoms with Gasteiger partial charge in [0.25, 0.3) is 0 Å². The number of piperidine rings is 1. The number of anilines is 1. The van der Waals surface area contributed by atoms with E-state index >= 15 is 0 Å². The molecule has 1 heterocycles. The molecule has 2 N–H and O–H groups in total. The Morgan fingerprint density at radius 1 is 1.04 bits per heavy atom. The van der Waals surface area contributed by atoms with Gasteiger partial charge in [0.2, 0.25) is 0 Å². The molecule has 0 spiro atoms. The summed E-state index contributed by atoms with van der Waals surface area (Å²) in [6, 6.07) is 17.3. The number of likely N-dealkylation sites (tertiary alicyclic amines) is 1. The van der Waals surface area contributed by atoms with Crippen molar-refractivity contribution in [2.75, 3.05) is 25.0 Å². The quantitative estimate of drug-likeness (QED) is 0.605. The number of urea groups is 1. The summed E-state index contributed by atoms with van der Waals surface area (Å²) in [6.45, 7) is 2.20. The van der Waals surface area contributed by atoms with E-state index in [2.05, 4.69) is 33.2 Å². The molecule has 1 aliphatic heterocycles. The Balaban J connectivity index is 1.34. The maximum Gasteiger partial charge on any atom is 0.407 e. The maximum absolute atomic E-state index is 12.4. The molecule has 0 bridgehead atoms. The van der Waals surface area contributed by atoms with E-state index in [4.69, 9.17) is 4.74 Å². The van der Waals surface area contributed by atoms with Crippen LogP contribution in [0.1, 0.15) is 18.4 Å². The van der Waals surface area contributed by atoms with Crippen LogP contribution in [0.5, 0.6) is 0 Å². The zero-order valence-corrected chi connectivity index (χ0v) is 17.7. The van der Waals surface area contributed by atoms with Crippen molar-refractivity contribution in [3.05, 3.63) is 63.7 Å². The Labute approximate surface area is 178 Å². The topological polar surface area (TPSA) is 70.7 Å². The number of nitrogens with zero attached hydrogens (tertiary/aromatic N) is 1. The fraction of sp³-hybridized carbons (Fsp3) is 0.333. The first kappa shape index (κ1) is 20.4. The molecule has 7 heteroatoms. The minimum Gasteiger partial charge on any atom is -0.445 e. The number of benzene rings is 2. The highest BCUT2D eigenvalue weighted by Gasteiger charge is 2.23. The number of hydrogen-bond donors (Lipinski definition) is 2. The van der Waals surface area contributed by atoms with Crippen LogP contribution in [0, 0.1) is 9.49 Å². The van der Waals surface area contributed by atoms with E-state index < -0.39 is 6.09 Å². The molecule has 0 atom stereocenters. The Hall–Kier alpha value is -2.29. The summed E-state index contributed by atoms with van der Waals surface area (Å²) in [5.74, 6) is 0.353. The first-order valence-corrected chi connectivity index (χ1v) is 10.4. The van der Waals surface area contributed by atoms with E-state index in [9.17, 15) is 9.59 Å². The second kappa shape index (κ2) is 10.3. The summed E-state index contributed by atoms with van der Waals surface area (Å²) in [4.78, 5) is 26.0. The van der Waals surface area contributed by atoms with Gasteiger partial charge >= 0.3 is 12.1 Å². The second-order valence-electron chi connectivity index (χ2n) is 6.81. The van der Waals surface area contributed by atoms with Gasteiger partial charge in [0.15, 0.2) is 0 Å². The molecular formula is C21H24IN3O3. The third kappa shape index (κ3) is 6.40. The number of rotatable bonds is 5. The van der Waals surface area contributed by atoms with Crippen molar-refractivity contribution in [1.29, 1.82) is 0 Å². The highest BCUT2D eigenvalue weighted by molar-refractivity contribution is 14.1. The molecule has 1 fully saturated rings. The number of amides is 3. The Bertz CT molecular complexity index is 775. The predicted molar refractivity (Wildman–Crippen MR) is 117 cm³/mol. The lowest BCUT2D eigenvalue weighted by molar-refractivity contribution is 0.134. The van der Waals surface area contributed by atoms with Gasteiger partial charge in [0.1, 0.15) is 6.61 Å². The lowest BCUT2D eigenvalue weighted by Crippen LogP contribution is -2.43. The number of hydrogen-bond acceptors (Lipinski definition) is 3. The third-order valence-electron chi connectivity index (χ3n) is 4.75. The van der Waals surface area contributed by atoms with Crippen molar-refractivity contribution in [3.63, 3.8) is 0 Å². The lowest BCUT2D eigenvalue weighted by atomic mass is 9.97. The Morgan fingerprint density at radius 2 is 1.71 bits per heavy atom. The Morgan fingerprint density at radius 3 is 2.39 bits per heavy atom. The van der Waals surface area contributed by atoms with Gasteiger partial charge in [-0.2, -0.15) is 0 Å². The van der Waals surface area contributed by atoms with E-state index in [1.54, 1.807) is 0 Å². The van der Waals surface area contributed by atoms with Gasteiger partial charge in [-0.1, -0.05) is 30.3 Å². The fourth-order valence-corrected chi connectivity index (χ4v) is 3.44. The largest absolute Gasteiger partial charge is 0.445 e. The molecule has 28 heavy (non-hydrogen) atoms. The summed E-state index contributed by atoms with van der Waals surface area (Å²) in [5.41, 5.74) is 1.76. The van der Waals surface area contributed by atoms with Gasteiger partial charge < -0.3 is 20.3 Å². The summed E-state index contributed by atoms with van der Waals surface area (Å²) in [5, 5.41) is 5.76. The van der Waals surface area contributed by atoms with E-state index in [0.29, 0.717) is 25.6 Å². The molecule has 3 rings (SSSR count). The normalized spacial score (nSPS) is 14.4. The molecular weight excluding hydrogens is 469 g/mol. The average Bonchev–Trinajstić information content (AvgIpc) is 2.73. The van der Waals surface area contributed by atoms with E-state index in [-0.39, 0.29) is 12.6 Å². The van der Waals surface area contributed by atoms with Crippen molar-refractivity contribution in [3.8, 4) is 0 Å². The molecule has 0 saturated carbocycles. The molecule has 0 radical (unpaired) electrons. The van der Waals surface area contributed by atoms with Crippen molar-refractivity contribution >= 4 is 40.4 Å². The van der Waals surface area contributed by atoms with Gasteiger partial charge in [-0.3, -0.25) is 0 Å². The number of carbonyl (C=O) groups is 2. The van der Waals surface area contributed by atoms with Crippen molar-refractivity contribution < 1.29 is 14.3 Å². The highest BCUT2D eigenvalue weighted by Crippen LogP contribution is 2.18. The zero-order valence-electron chi connectivity index (χ0n) is 15.6. The summed E-state index contributed by atoms with van der Waals surface area (Å²) < 4.78 is 6.36. The molecule has 6 nitrogen and oxygen atoms in total. The maximum atomic E-state index is 12.4. The molecule has 148 valence electrons. The molecule has 2 aromatic carbocycles. The third-order valence-corrected chi connectivity index (χ3v) is 5.46. The van der Waals surface area contributed by atoms with E-state index in [1.165, 1.54) is 0 Å². The minimum absolute atomic E-state index is 0.0742. The smallest absolute Gasteiger partial charge is 0.407 e. The van der Waals surface area contributed by atoms with Crippen LogP contribution in [0.3, 0.4) is 0 Å². The molecule has 1 aliphatic rings. The molecule has 0 aromatic heterocycles. The number of nitrogens with one attached hydrogen (secondary N) is 2. The fourth-order valence-electron chi connectivity index (χ4n) is 3.08. The SMILES string of the molecule is O=C(NCC1CCN(C(=O)Nc2ccc(I)cc2)CC1)OCc1ccccc1. The van der Waals surface area contributed by atoms with Crippen LogP contribution < -0.4 is 10.6 Å². The molecule has 2 aromatic rings. The van der Waals surface area contributed by atoms with Crippen LogP contribution in [0.4, 0.5) is 15.3 Å². The van der Waals surface area contributed by atoms with Crippen LogP contribution in [0.15, 0.2) is 54.6 Å². The van der Waals surface area contributed by atoms with Crippen LogP contribution in [0.25, 0.3) is 0 Å². The van der Waals surface area contributed by atoms with Gasteiger partial charge in [-0.15, -0.1) is 0 Å². The van der Waals surface area contributed by atoms with Crippen molar-refractivity contribution in [2.24, 2.45) is 5.92 Å². The molecule has 0 aliphatic carbocycles. The van der Waals surface area contributed by atoms with Crippen LogP contribution >= 0.6 is 22.6 Å². The molecule has 0 unspecified atom stereocenters. The summed E-state index contributed by atoms with van der Waals surface area (Å²) in [6.07, 6.45) is 1.32. The number of alkyl carbamates (subject to hydrolysis) is 1. The van der Waals surface area contributed by atoms with Crippen LogP contribution in [-0.4, -0.2) is 36.7 Å². The highest BCUT2D eigenvalue weighted by atomic mass is 127. The van der Waals surface area contributed by atoms with E-state index in [0.717, 1.165) is 27.7 Å². The summed E-state index contributed by atoms with van der Waals surface area (Å²) >= 11 is 2.23. The number of halogens is 1. The Kier molecular flexibility index (Phi) is 7.53. The molecule has 1 saturated heterocycles. The predicted octanol–water partition coefficient (Wildman–Crippen LogP) is 4.46. The summed E-state index contributed by atoms with van der Waals surface area (Å²) in [7, 11) is 0. The number of carbonyl (C=O) groups excluding carboxylic acids is 2.